The first kappa shape index (κ1) is 50.8. The highest BCUT2D eigenvalue weighted by atomic mass is 16.8. The van der Waals surface area contributed by atoms with Crippen LogP contribution in [0.25, 0.3) is 0 Å². The van der Waals surface area contributed by atoms with Gasteiger partial charge in [-0.3, -0.25) is 4.79 Å². The molecule has 64 heavy (non-hydrogen) atoms. The van der Waals surface area contributed by atoms with Crippen molar-refractivity contribution in [2.45, 2.75) is 235 Å². The summed E-state index contributed by atoms with van der Waals surface area (Å²) in [6, 6.07) is 0. The SMILES string of the molecule is CO[C@H]1CCC(O[C@@]2(C)C(CC3C[C@@H](OC)[C@@H](C)[C@]4(O3)O[C@@](C)(C3CCC(C5CCC(C6O[C@](C)(O)[C@H](C)C[C@@H]6C)O5)O3)[C@H](OC)[C@H]4C)O[C@](O)([C@@H](C)C(=O)O)[C@@H](C)[C@@H]2OC)O[C@@H]1C. The number of methoxy groups -OCH3 is 4. The van der Waals surface area contributed by atoms with Gasteiger partial charge in [0.25, 0.3) is 0 Å². The Morgan fingerprint density at radius 1 is 0.703 bits per heavy atom. The van der Waals surface area contributed by atoms with Crippen LogP contribution in [0.3, 0.4) is 0 Å². The number of hydrogen-bond acceptors (Lipinski definition) is 15. The Kier molecular flexibility index (Phi) is 15.1. The second-order valence-electron chi connectivity index (χ2n) is 21.3. The first-order valence-corrected chi connectivity index (χ1v) is 24.2. The van der Waals surface area contributed by atoms with E-state index in [1.165, 1.54) is 6.92 Å². The fraction of sp³-hybridized carbons (Fsp3) is 0.979. The predicted octanol–water partition coefficient (Wildman–Crippen LogP) is 5.59. The Hall–Kier alpha value is -1.09. The van der Waals surface area contributed by atoms with Crippen molar-refractivity contribution < 1.29 is 77.0 Å². The number of ether oxygens (including phenoxy) is 12. The Bertz CT molecular complexity index is 1600. The van der Waals surface area contributed by atoms with Gasteiger partial charge in [-0.15, -0.1) is 0 Å². The topological polar surface area (TPSA) is 189 Å². The van der Waals surface area contributed by atoms with E-state index in [9.17, 15) is 20.1 Å². The highest BCUT2D eigenvalue weighted by molar-refractivity contribution is 5.70. The van der Waals surface area contributed by atoms with Crippen molar-refractivity contribution in [1.82, 2.24) is 0 Å². The molecule has 3 N–H and O–H groups in total. The molecule has 8 unspecified atom stereocenters. The number of aliphatic carboxylic acids is 1. The summed E-state index contributed by atoms with van der Waals surface area (Å²) >= 11 is 0. The van der Waals surface area contributed by atoms with Crippen molar-refractivity contribution in [3.05, 3.63) is 0 Å². The van der Waals surface area contributed by atoms with Gasteiger partial charge in [-0.1, -0.05) is 34.6 Å². The molecule has 0 amide bonds. The molecule has 7 rings (SSSR count). The molecule has 1 spiro atoms. The van der Waals surface area contributed by atoms with Gasteiger partial charge in [-0.25, -0.2) is 0 Å². The lowest BCUT2D eigenvalue weighted by molar-refractivity contribution is -0.403. The fourth-order valence-electron chi connectivity index (χ4n) is 13.3. The Balaban J connectivity index is 1.13. The van der Waals surface area contributed by atoms with Crippen LogP contribution in [0.4, 0.5) is 0 Å². The summed E-state index contributed by atoms with van der Waals surface area (Å²) in [4.78, 5) is 12.5. The molecule has 370 valence electrons. The quantitative estimate of drug-likeness (QED) is 0.207. The third-order valence-electron chi connectivity index (χ3n) is 17.4. The molecule has 24 atom stereocenters. The van der Waals surface area contributed by atoms with E-state index in [4.69, 9.17) is 56.8 Å². The van der Waals surface area contributed by atoms with Gasteiger partial charge in [0, 0.05) is 71.4 Å². The molecule has 0 saturated carbocycles. The third kappa shape index (κ3) is 8.77. The summed E-state index contributed by atoms with van der Waals surface area (Å²) in [6.07, 6.45) is 1.06. The highest BCUT2D eigenvalue weighted by Gasteiger charge is 2.70. The van der Waals surface area contributed by atoms with Crippen LogP contribution in [0.2, 0.25) is 0 Å². The van der Waals surface area contributed by atoms with Crippen molar-refractivity contribution in [2.24, 2.45) is 35.5 Å². The summed E-state index contributed by atoms with van der Waals surface area (Å²) in [5, 5.41) is 33.5. The molecule has 7 saturated heterocycles. The zero-order valence-electron chi connectivity index (χ0n) is 41.0. The molecule has 0 aromatic rings. The molecular weight excluding hydrogens is 833 g/mol. The molecule has 0 aromatic heterocycles. The van der Waals surface area contributed by atoms with Crippen LogP contribution in [0.1, 0.15) is 127 Å². The summed E-state index contributed by atoms with van der Waals surface area (Å²) in [5.41, 5.74) is -2.16. The number of carboxylic acids is 1. The van der Waals surface area contributed by atoms with Crippen LogP contribution in [-0.2, 0) is 61.6 Å². The minimum absolute atomic E-state index is 0.0384. The molecule has 7 aliphatic heterocycles. The van der Waals surface area contributed by atoms with Gasteiger partial charge in [0.2, 0.25) is 0 Å². The Morgan fingerprint density at radius 3 is 1.97 bits per heavy atom. The molecule has 0 aliphatic carbocycles. The van der Waals surface area contributed by atoms with Crippen LogP contribution in [-0.4, -0.2) is 158 Å². The average Bonchev–Trinajstić information content (AvgIpc) is 3.98. The smallest absolute Gasteiger partial charge is 0.311 e. The fourth-order valence-corrected chi connectivity index (χ4v) is 13.3. The second kappa shape index (κ2) is 19.0. The predicted molar refractivity (Wildman–Crippen MR) is 231 cm³/mol. The van der Waals surface area contributed by atoms with E-state index in [0.29, 0.717) is 19.3 Å². The number of hydrogen-bond donors (Lipinski definition) is 3. The standard InChI is InChI=1S/C48H82O16/c1-24-21-25(2)46(10,51)63-40(24)35-16-15-33(58-35)34-17-19-37(59-34)45(9)42(56-14)28(5)48(64-45)26(3)36(54-12)22-31(60-48)23-38-44(8,62-39-20-18-32(53-11)30(7)57-39)41(55-13)27(4)47(52,61-38)29(6)43(49)50/h24-42,51-52H,15-23H2,1-14H3,(H,49,50)/t24-,25+,26+,27-,28+,29-,30+,31?,32-,33?,34?,35?,36+,37?,38?,39?,40?,41-,42+,44-,45-,46-,47-,48-/m0/s1. The van der Waals surface area contributed by atoms with E-state index < -0.39 is 77.1 Å². The molecule has 0 radical (unpaired) electrons. The van der Waals surface area contributed by atoms with Gasteiger partial charge in [-0.05, 0) is 79.1 Å². The van der Waals surface area contributed by atoms with Gasteiger partial charge in [-0.2, -0.15) is 0 Å². The number of aliphatic hydroxyl groups is 2. The van der Waals surface area contributed by atoms with E-state index in [1.807, 2.05) is 20.8 Å². The van der Waals surface area contributed by atoms with Crippen LogP contribution >= 0.6 is 0 Å². The first-order chi connectivity index (χ1) is 30.0. The Morgan fingerprint density at radius 2 is 1.34 bits per heavy atom. The summed E-state index contributed by atoms with van der Waals surface area (Å²) in [5.74, 6) is -8.05. The van der Waals surface area contributed by atoms with Crippen LogP contribution < -0.4 is 0 Å². The maximum absolute atomic E-state index is 12.5. The van der Waals surface area contributed by atoms with Crippen LogP contribution in [0.5, 0.6) is 0 Å². The highest BCUT2D eigenvalue weighted by Crippen LogP contribution is 2.57. The first-order valence-electron chi connectivity index (χ1n) is 24.2. The Labute approximate surface area is 381 Å². The van der Waals surface area contributed by atoms with Gasteiger partial charge in [0.1, 0.15) is 17.1 Å². The molecule has 7 aliphatic rings. The minimum Gasteiger partial charge on any atom is -0.481 e. The van der Waals surface area contributed by atoms with Gasteiger partial charge >= 0.3 is 5.97 Å². The minimum atomic E-state index is -2.11. The zero-order chi connectivity index (χ0) is 46.9. The lowest BCUT2D eigenvalue weighted by Crippen LogP contribution is -2.71. The lowest BCUT2D eigenvalue weighted by Gasteiger charge is -2.58. The van der Waals surface area contributed by atoms with E-state index >= 15 is 0 Å². The van der Waals surface area contributed by atoms with Crippen LogP contribution in [0.15, 0.2) is 0 Å². The third-order valence-corrected chi connectivity index (χ3v) is 17.4. The van der Waals surface area contributed by atoms with Gasteiger partial charge in [0.05, 0.1) is 73.2 Å². The molecule has 0 aromatic carbocycles. The number of carbonyl (C=O) groups is 1. The van der Waals surface area contributed by atoms with E-state index in [1.54, 1.807) is 42.3 Å². The number of rotatable bonds is 13. The molecule has 16 heteroatoms. The van der Waals surface area contributed by atoms with Gasteiger partial charge < -0.3 is 72.2 Å². The summed E-state index contributed by atoms with van der Waals surface area (Å²) in [7, 11) is 6.61. The molecule has 0 bridgehead atoms. The molecular formula is C48H82O16. The molecule has 16 nitrogen and oxygen atoms in total. The average molecular weight is 915 g/mol. The normalized spacial score (nSPS) is 54.1. The second-order valence-corrected chi connectivity index (χ2v) is 21.3. The van der Waals surface area contributed by atoms with Gasteiger partial charge in [0.15, 0.2) is 23.7 Å². The summed E-state index contributed by atoms with van der Waals surface area (Å²) in [6.45, 7) is 19.2. The van der Waals surface area contributed by atoms with E-state index in [-0.39, 0.29) is 78.9 Å². The maximum atomic E-state index is 12.5. The van der Waals surface area contributed by atoms with E-state index in [2.05, 4.69) is 27.7 Å². The van der Waals surface area contributed by atoms with Crippen molar-refractivity contribution in [1.29, 1.82) is 0 Å². The van der Waals surface area contributed by atoms with Crippen molar-refractivity contribution >= 4 is 5.97 Å². The van der Waals surface area contributed by atoms with Crippen molar-refractivity contribution in [3.63, 3.8) is 0 Å². The monoisotopic (exact) mass is 915 g/mol. The van der Waals surface area contributed by atoms with Crippen LogP contribution in [0, 0.1) is 35.5 Å². The maximum Gasteiger partial charge on any atom is 0.311 e. The van der Waals surface area contributed by atoms with Crippen molar-refractivity contribution in [2.75, 3.05) is 28.4 Å². The summed E-state index contributed by atoms with van der Waals surface area (Å²) < 4.78 is 79.0. The molecule has 7 heterocycles. The van der Waals surface area contributed by atoms with Crippen molar-refractivity contribution in [3.8, 4) is 0 Å². The number of carboxylic acid groups (broad SMARTS) is 1. The van der Waals surface area contributed by atoms with E-state index in [0.717, 1.165) is 32.1 Å². The lowest BCUT2D eigenvalue weighted by atomic mass is 9.71. The largest absolute Gasteiger partial charge is 0.481 e. The zero-order valence-corrected chi connectivity index (χ0v) is 41.0. The molecule has 7 fully saturated rings.